The standard InChI is InChI=1S/C16H20N2O2/c1-3-11-18(14-8-4-5-9-14)16(19)17-13-7-6-10-15(12-13)20-2/h1,6-7,10,12,14H,4-5,8-9,11H2,2H3,(H,17,19). The van der Waals surface area contributed by atoms with Crippen LogP contribution in [0.25, 0.3) is 0 Å². The lowest BCUT2D eigenvalue weighted by atomic mass is 10.2. The zero-order valence-corrected chi connectivity index (χ0v) is 11.8. The van der Waals surface area contributed by atoms with E-state index in [2.05, 4.69) is 11.2 Å². The van der Waals surface area contributed by atoms with Gasteiger partial charge in [0.1, 0.15) is 5.75 Å². The molecule has 1 N–H and O–H groups in total. The van der Waals surface area contributed by atoms with Crippen molar-refractivity contribution in [2.24, 2.45) is 0 Å². The van der Waals surface area contributed by atoms with Crippen LogP contribution in [0.5, 0.6) is 5.75 Å². The van der Waals surface area contributed by atoms with Crippen molar-refractivity contribution in [2.75, 3.05) is 19.0 Å². The van der Waals surface area contributed by atoms with Crippen LogP contribution in [0.2, 0.25) is 0 Å². The van der Waals surface area contributed by atoms with Gasteiger partial charge in [0.25, 0.3) is 0 Å². The monoisotopic (exact) mass is 272 g/mol. The second-order valence-corrected chi connectivity index (χ2v) is 4.93. The van der Waals surface area contributed by atoms with Gasteiger partial charge in [-0.05, 0) is 25.0 Å². The molecule has 1 aromatic rings. The smallest absolute Gasteiger partial charge is 0.322 e. The first-order valence-electron chi connectivity index (χ1n) is 6.89. The van der Waals surface area contributed by atoms with Gasteiger partial charge >= 0.3 is 6.03 Å². The number of hydrogen-bond acceptors (Lipinski definition) is 2. The molecule has 0 radical (unpaired) electrons. The van der Waals surface area contributed by atoms with Crippen LogP contribution in [0.15, 0.2) is 24.3 Å². The van der Waals surface area contributed by atoms with Crippen molar-refractivity contribution in [1.82, 2.24) is 4.90 Å². The highest BCUT2D eigenvalue weighted by Crippen LogP contribution is 2.24. The van der Waals surface area contributed by atoms with Crippen molar-refractivity contribution in [3.05, 3.63) is 24.3 Å². The number of hydrogen-bond donors (Lipinski definition) is 1. The Bertz CT molecular complexity index is 501. The van der Waals surface area contributed by atoms with Crippen molar-refractivity contribution >= 4 is 11.7 Å². The predicted octanol–water partition coefficient (Wildman–Crippen LogP) is 3.10. The molecule has 106 valence electrons. The van der Waals surface area contributed by atoms with Crippen molar-refractivity contribution in [3.63, 3.8) is 0 Å². The molecule has 0 aromatic heterocycles. The SMILES string of the molecule is C#CCN(C(=O)Nc1cccc(OC)c1)C1CCCC1. The first-order valence-corrected chi connectivity index (χ1v) is 6.89. The Kier molecular flexibility index (Phi) is 4.89. The lowest BCUT2D eigenvalue weighted by Gasteiger charge is -2.27. The molecule has 20 heavy (non-hydrogen) atoms. The Balaban J connectivity index is 2.05. The molecule has 1 saturated carbocycles. The first-order chi connectivity index (χ1) is 9.74. The van der Waals surface area contributed by atoms with Crippen LogP contribution in [0.4, 0.5) is 10.5 Å². The number of anilines is 1. The summed E-state index contributed by atoms with van der Waals surface area (Å²) in [4.78, 5) is 14.1. The summed E-state index contributed by atoms with van der Waals surface area (Å²) in [6.07, 6.45) is 9.78. The van der Waals surface area contributed by atoms with E-state index in [1.807, 2.05) is 18.2 Å². The maximum absolute atomic E-state index is 12.4. The fraction of sp³-hybridized carbons (Fsp3) is 0.438. The molecule has 4 nitrogen and oxygen atoms in total. The van der Waals surface area contributed by atoms with Crippen molar-refractivity contribution in [2.45, 2.75) is 31.7 Å². The molecule has 0 bridgehead atoms. The third-order valence-electron chi connectivity index (χ3n) is 3.61. The molecule has 0 spiro atoms. The molecule has 0 aliphatic heterocycles. The minimum atomic E-state index is -0.136. The zero-order chi connectivity index (χ0) is 14.4. The molecule has 0 atom stereocenters. The Hall–Kier alpha value is -2.15. The van der Waals surface area contributed by atoms with Gasteiger partial charge in [0.05, 0.1) is 13.7 Å². The summed E-state index contributed by atoms with van der Waals surface area (Å²) in [7, 11) is 1.60. The molecule has 1 aromatic carbocycles. The predicted molar refractivity (Wildman–Crippen MR) is 79.8 cm³/mol. The summed E-state index contributed by atoms with van der Waals surface area (Å²) in [5.74, 6) is 3.29. The van der Waals surface area contributed by atoms with Crippen LogP contribution >= 0.6 is 0 Å². The number of nitrogens with zero attached hydrogens (tertiary/aromatic N) is 1. The van der Waals surface area contributed by atoms with Gasteiger partial charge in [-0.15, -0.1) is 6.42 Å². The molecule has 1 fully saturated rings. The van der Waals surface area contributed by atoms with Gasteiger partial charge in [0.2, 0.25) is 0 Å². The van der Waals surface area contributed by atoms with Crippen LogP contribution in [-0.2, 0) is 0 Å². The molecular formula is C16H20N2O2. The van der Waals surface area contributed by atoms with E-state index < -0.39 is 0 Å². The Morgan fingerprint density at radius 2 is 2.25 bits per heavy atom. The molecule has 0 unspecified atom stereocenters. The van der Waals surface area contributed by atoms with Gasteiger partial charge in [-0.25, -0.2) is 4.79 Å². The molecule has 4 heteroatoms. The summed E-state index contributed by atoms with van der Waals surface area (Å²) in [5, 5.41) is 2.89. The van der Waals surface area contributed by atoms with Crippen LogP contribution in [0, 0.1) is 12.3 Å². The molecule has 0 heterocycles. The van der Waals surface area contributed by atoms with E-state index in [0.717, 1.165) is 31.4 Å². The van der Waals surface area contributed by atoms with E-state index in [-0.39, 0.29) is 12.1 Å². The quantitative estimate of drug-likeness (QED) is 0.856. The second-order valence-electron chi connectivity index (χ2n) is 4.93. The third-order valence-corrected chi connectivity index (χ3v) is 3.61. The van der Waals surface area contributed by atoms with Crippen molar-refractivity contribution in [1.29, 1.82) is 0 Å². The number of benzene rings is 1. The van der Waals surface area contributed by atoms with Crippen molar-refractivity contribution in [3.8, 4) is 18.1 Å². The van der Waals surface area contributed by atoms with Crippen LogP contribution in [0.3, 0.4) is 0 Å². The summed E-state index contributed by atoms with van der Waals surface area (Å²) in [5.41, 5.74) is 0.717. The highest BCUT2D eigenvalue weighted by Gasteiger charge is 2.26. The van der Waals surface area contributed by atoms with E-state index in [1.165, 1.54) is 0 Å². The topological polar surface area (TPSA) is 41.6 Å². The van der Waals surface area contributed by atoms with Gasteiger partial charge in [0, 0.05) is 17.8 Å². The van der Waals surface area contributed by atoms with Crippen LogP contribution < -0.4 is 10.1 Å². The number of methoxy groups -OCH3 is 1. The maximum Gasteiger partial charge on any atom is 0.322 e. The zero-order valence-electron chi connectivity index (χ0n) is 11.8. The average molecular weight is 272 g/mol. The summed E-state index contributed by atoms with van der Waals surface area (Å²) >= 11 is 0. The largest absolute Gasteiger partial charge is 0.497 e. The van der Waals surface area contributed by atoms with Crippen molar-refractivity contribution < 1.29 is 9.53 Å². The number of amides is 2. The number of ether oxygens (including phenoxy) is 1. The molecule has 2 amide bonds. The Morgan fingerprint density at radius 3 is 2.90 bits per heavy atom. The van der Waals surface area contributed by atoms with Gasteiger partial charge in [-0.1, -0.05) is 24.8 Å². The van der Waals surface area contributed by atoms with E-state index in [0.29, 0.717) is 12.3 Å². The van der Waals surface area contributed by atoms with E-state index >= 15 is 0 Å². The number of terminal acetylenes is 1. The van der Waals surface area contributed by atoms with E-state index in [4.69, 9.17) is 11.2 Å². The fourth-order valence-electron chi connectivity index (χ4n) is 2.58. The average Bonchev–Trinajstić information content (AvgIpc) is 2.98. The summed E-state index contributed by atoms with van der Waals surface area (Å²) in [6, 6.07) is 7.44. The van der Waals surface area contributed by atoms with Crippen LogP contribution in [-0.4, -0.2) is 30.6 Å². The lowest BCUT2D eigenvalue weighted by molar-refractivity contribution is 0.198. The normalized spacial score (nSPS) is 14.6. The Labute approximate surface area is 120 Å². The van der Waals surface area contributed by atoms with Gasteiger partial charge in [-0.3, -0.25) is 0 Å². The lowest BCUT2D eigenvalue weighted by Crippen LogP contribution is -2.41. The van der Waals surface area contributed by atoms with Gasteiger partial charge in [0.15, 0.2) is 0 Å². The second kappa shape index (κ2) is 6.85. The summed E-state index contributed by atoms with van der Waals surface area (Å²) < 4.78 is 5.15. The molecule has 1 aliphatic carbocycles. The van der Waals surface area contributed by atoms with Gasteiger partial charge in [-0.2, -0.15) is 0 Å². The number of rotatable bonds is 4. The minimum Gasteiger partial charge on any atom is -0.497 e. The number of nitrogens with one attached hydrogen (secondary N) is 1. The number of carbonyl (C=O) groups is 1. The Morgan fingerprint density at radius 1 is 1.50 bits per heavy atom. The maximum atomic E-state index is 12.4. The van der Waals surface area contributed by atoms with E-state index in [9.17, 15) is 4.79 Å². The minimum absolute atomic E-state index is 0.136. The highest BCUT2D eigenvalue weighted by molar-refractivity contribution is 5.90. The molecule has 2 rings (SSSR count). The number of carbonyl (C=O) groups excluding carboxylic acids is 1. The molecular weight excluding hydrogens is 252 g/mol. The molecule has 1 aliphatic rings. The molecule has 0 saturated heterocycles. The highest BCUT2D eigenvalue weighted by atomic mass is 16.5. The van der Waals surface area contributed by atoms with Gasteiger partial charge < -0.3 is 15.0 Å². The number of urea groups is 1. The summed E-state index contributed by atoms with van der Waals surface area (Å²) in [6.45, 7) is 0.348. The third kappa shape index (κ3) is 3.45. The van der Waals surface area contributed by atoms with Crippen LogP contribution in [0.1, 0.15) is 25.7 Å². The van der Waals surface area contributed by atoms with E-state index in [1.54, 1.807) is 18.1 Å². The fourth-order valence-corrected chi connectivity index (χ4v) is 2.58. The first kappa shape index (κ1) is 14.3.